The number of carbonyl (C=O) groups is 8. The van der Waals surface area contributed by atoms with Crippen molar-refractivity contribution in [2.45, 2.75) is 239 Å². The molecule has 714 valence electrons. The molecule has 2 spiro atoms. The molecule has 0 radical (unpaired) electrons. The molecule has 5 aliphatic heterocycles. The molecule has 9 fully saturated rings. The number of rotatable bonds is 22. The standard InChI is InChI=1S/C48H56N8O6.C32H41BN4O5.C22H27BrN4O3.CH4/c1-26(2)39(53-46(59)61-5)44(57)55-25-48(17-18-48)22-38(55)42-49-24-37(51-42)33-14-13-31-19-30(11-12-32(31)20-33)28-7-9-29(10-8-28)36-23-50-43(52-36)41-34-15-16-35(21-34)56(41)45(58)40(27(3)4)54-47(60)62-6;1-19(2)26(36-29(39)40-7)28(38)37-18-32(12-13-32)16-25(37)27-34-17-24(35-27)22-9-8-21-15-23(11-10-20(21)14-22)33-41-30(3,4)31(5,6)42-33;1-12(2)18(26-22(29)30-3)21(28)27-16-9-6-14(10-16)19(27)20-24-11-17(25-20)13-4-7-15(23)8-5-13;/h7-14,19-20,23-24,26-27,34-35,38-41H,15-18,21-22,25H2,1-6H3,(H,49,51)(H,50,52)(H,53,59)(H,54,60);8-11,14-15,17,19,25-26H,12-13,16,18H2,1-7H3,(H,34,35)(H,36,39);4-5,7-8,11-12,14,16,18-19H,6,9-10H2,1-3H3,(H,24,25)(H,26,29);1H4/t34-,35+,38-,39-,40-,41-;25-,26-;14-,16+,18-,19-;/m000./s1. The Balaban J connectivity index is 0.000000157. The van der Waals surface area contributed by atoms with Gasteiger partial charge in [-0.15, -0.1) is 0 Å². The third-order valence-corrected chi connectivity index (χ3v) is 30.4. The van der Waals surface area contributed by atoms with Crippen LogP contribution in [0, 0.1) is 46.3 Å². The fraction of sp³-hybridized carbons (Fsp3) is 0.495. The number of fused-ring (bicyclic) bond motifs is 6. The van der Waals surface area contributed by atoms with Gasteiger partial charge in [-0.3, -0.25) is 19.2 Å². The van der Waals surface area contributed by atoms with Gasteiger partial charge >= 0.3 is 31.5 Å². The number of likely N-dealkylation sites (tertiary alicyclic amines) is 4. The van der Waals surface area contributed by atoms with E-state index >= 15 is 0 Å². The average molecular weight is 1900 g/mol. The number of amides is 8. The molecule has 12 atom stereocenters. The topological polar surface area (TPSA) is 368 Å². The third-order valence-electron chi connectivity index (χ3n) is 29.9. The highest BCUT2D eigenvalue weighted by Crippen LogP contribution is 2.60. The van der Waals surface area contributed by atoms with Crippen LogP contribution in [0.5, 0.6) is 0 Å². The normalized spacial score (nSPS) is 22.4. The molecule has 9 aliphatic rings. The molecule has 135 heavy (non-hydrogen) atoms. The number of carbonyl (C=O) groups excluding carboxylic acids is 8. The predicted octanol–water partition coefficient (Wildman–Crippen LogP) is 18.0. The number of hydrogen-bond donors (Lipinski definition) is 8. The Bertz CT molecular complexity index is 6040. The van der Waals surface area contributed by atoms with Crippen LogP contribution in [-0.2, 0) is 47.4 Å². The fourth-order valence-electron chi connectivity index (χ4n) is 21.1. The zero-order valence-electron chi connectivity index (χ0n) is 79.2. The summed E-state index contributed by atoms with van der Waals surface area (Å²) in [7, 11) is 4.83. The van der Waals surface area contributed by atoms with Gasteiger partial charge in [-0.25, -0.2) is 39.1 Å². The molecule has 30 nitrogen and oxygen atoms in total. The van der Waals surface area contributed by atoms with Gasteiger partial charge in [-0.1, -0.05) is 170 Å². The van der Waals surface area contributed by atoms with Gasteiger partial charge in [-0.2, -0.15) is 0 Å². The molecule has 4 aromatic heterocycles. The first-order valence-corrected chi connectivity index (χ1v) is 48.0. The van der Waals surface area contributed by atoms with Gasteiger partial charge in [0.2, 0.25) is 23.6 Å². The van der Waals surface area contributed by atoms with E-state index in [1.807, 2.05) is 124 Å². The van der Waals surface area contributed by atoms with Crippen molar-refractivity contribution in [3.05, 3.63) is 174 Å². The largest absolute Gasteiger partial charge is 0.494 e. The molecule has 4 saturated carbocycles. The van der Waals surface area contributed by atoms with Crippen molar-refractivity contribution in [1.82, 2.24) is 80.7 Å². The van der Waals surface area contributed by atoms with Crippen molar-refractivity contribution in [3.63, 3.8) is 0 Å². The minimum Gasteiger partial charge on any atom is -0.453 e. The van der Waals surface area contributed by atoms with Crippen molar-refractivity contribution >= 4 is 98.1 Å². The van der Waals surface area contributed by atoms with Crippen LogP contribution in [0.3, 0.4) is 0 Å². The van der Waals surface area contributed by atoms with Crippen molar-refractivity contribution < 1.29 is 66.6 Å². The Hall–Kier alpha value is -11.9. The Kier molecular flexibility index (Phi) is 27.6. The van der Waals surface area contributed by atoms with Crippen LogP contribution < -0.4 is 26.7 Å². The molecule has 9 heterocycles. The number of alkyl carbamates (subject to hydrolysis) is 4. The zero-order chi connectivity index (χ0) is 94.9. The van der Waals surface area contributed by atoms with Gasteiger partial charge in [0.1, 0.15) is 47.5 Å². The highest BCUT2D eigenvalue weighted by atomic mass is 79.9. The molecule has 5 saturated heterocycles. The summed E-state index contributed by atoms with van der Waals surface area (Å²) in [6.45, 7) is 25.0. The maximum Gasteiger partial charge on any atom is 0.494 e. The monoisotopic (exact) mass is 1900 g/mol. The number of halogens is 1. The van der Waals surface area contributed by atoms with Crippen LogP contribution in [0.4, 0.5) is 19.2 Å². The minimum atomic E-state index is -0.687. The lowest BCUT2D eigenvalue weighted by molar-refractivity contribution is -0.140. The minimum absolute atomic E-state index is 0. The number of nitrogens with one attached hydrogen (secondary N) is 8. The first-order valence-electron chi connectivity index (χ1n) is 47.2. The summed E-state index contributed by atoms with van der Waals surface area (Å²) in [4.78, 5) is 144. The second-order valence-corrected chi connectivity index (χ2v) is 41.6. The molecule has 10 aromatic rings. The number of imidazole rings is 4. The van der Waals surface area contributed by atoms with Gasteiger partial charge in [0.15, 0.2) is 0 Å². The van der Waals surface area contributed by atoms with Gasteiger partial charge in [0, 0.05) is 40.8 Å². The number of aromatic nitrogens is 8. The lowest BCUT2D eigenvalue weighted by atomic mass is 9.78. The highest BCUT2D eigenvalue weighted by molar-refractivity contribution is 9.10. The molecule has 6 aromatic carbocycles. The Morgan fingerprint density at radius 3 is 1.09 bits per heavy atom. The number of aromatic amines is 4. The van der Waals surface area contributed by atoms with E-state index < -0.39 is 55.7 Å². The predicted molar refractivity (Wildman–Crippen MR) is 520 cm³/mol. The van der Waals surface area contributed by atoms with E-state index in [1.54, 1.807) is 0 Å². The number of nitrogens with zero attached hydrogens (tertiary/aromatic N) is 8. The zero-order valence-corrected chi connectivity index (χ0v) is 80.8. The van der Waals surface area contributed by atoms with E-state index in [1.165, 1.54) is 28.4 Å². The first-order chi connectivity index (χ1) is 64.0. The van der Waals surface area contributed by atoms with E-state index in [0.717, 1.165) is 188 Å². The summed E-state index contributed by atoms with van der Waals surface area (Å²) in [6.07, 6.45) is 17.1. The van der Waals surface area contributed by atoms with Crippen LogP contribution in [-0.4, -0.2) is 204 Å². The number of methoxy groups -OCH3 is 4. The van der Waals surface area contributed by atoms with E-state index in [0.29, 0.717) is 24.9 Å². The summed E-state index contributed by atoms with van der Waals surface area (Å²) in [6, 6.07) is 39.0. The molecule has 19 rings (SSSR count). The van der Waals surface area contributed by atoms with Crippen LogP contribution in [0.2, 0.25) is 0 Å². The van der Waals surface area contributed by atoms with Crippen LogP contribution in [0.1, 0.15) is 215 Å². The quantitative estimate of drug-likeness (QED) is 0.0231. The highest BCUT2D eigenvalue weighted by Gasteiger charge is 2.59. The smallest absolute Gasteiger partial charge is 0.453 e. The summed E-state index contributed by atoms with van der Waals surface area (Å²) in [5.41, 5.74) is 10.4. The molecular formula is C103H128BBrN16O14. The Labute approximate surface area is 797 Å². The first kappa shape index (κ1) is 96.2. The lowest BCUT2D eigenvalue weighted by Crippen LogP contribution is -2.54. The molecule has 4 bridgehead atoms. The molecule has 0 unspecified atom stereocenters. The number of ether oxygens (including phenoxy) is 4. The van der Waals surface area contributed by atoms with Gasteiger partial charge in [0.25, 0.3) is 0 Å². The van der Waals surface area contributed by atoms with Crippen molar-refractivity contribution in [3.8, 4) is 56.2 Å². The van der Waals surface area contributed by atoms with Gasteiger partial charge < -0.3 is 89.1 Å². The van der Waals surface area contributed by atoms with E-state index in [-0.39, 0.29) is 113 Å². The Morgan fingerprint density at radius 2 is 0.719 bits per heavy atom. The Morgan fingerprint density at radius 1 is 0.407 bits per heavy atom. The average Bonchev–Trinajstić information content (AvgIpc) is 1.61. The number of hydrogen-bond acceptors (Lipinski definition) is 18. The number of piperidine rings is 2. The number of benzene rings is 6. The van der Waals surface area contributed by atoms with Crippen LogP contribution in [0.25, 0.3) is 77.7 Å². The molecule has 8 amide bonds. The van der Waals surface area contributed by atoms with E-state index in [9.17, 15) is 38.4 Å². The van der Waals surface area contributed by atoms with Gasteiger partial charge in [-0.05, 0) is 231 Å². The number of H-pyrrole nitrogens is 4. The van der Waals surface area contributed by atoms with E-state index in [2.05, 4.69) is 187 Å². The van der Waals surface area contributed by atoms with E-state index in [4.69, 9.17) is 43.2 Å². The molecule has 4 aliphatic carbocycles. The maximum atomic E-state index is 14.0. The molecular weight excluding hydrogens is 1780 g/mol. The summed E-state index contributed by atoms with van der Waals surface area (Å²) in [5.74, 6) is 3.14. The lowest BCUT2D eigenvalue weighted by Gasteiger charge is -2.37. The molecule has 32 heteroatoms. The SMILES string of the molecule is C.COC(=O)N[C@H](C(=O)N1CC2(CC2)C[C@H]1c1ncc(-c2ccc3cc(-c4ccc(-c5cnc([C@@H]6[C@H]7CC[C@H](C7)N6C(=O)[C@@H](NC(=O)OC)C(C)C)[nH]5)cc4)ccc3c2)[nH]1)C(C)C.COC(=O)N[C@H](C(=O)N1CC2(CC2)C[C@H]1c1ncc(-c2ccc3cc(B4OC(C)(C)C(C)(C)O4)ccc3c2)[nH]1)C(C)C.COC(=O)N[C@H](C(=O)N1[C@@H]2CC[C@@H](C2)[C@H]1c1ncc(-c2ccc(Br)cc2)[nH]1)C(C)C. The van der Waals surface area contributed by atoms with Gasteiger partial charge in [0.05, 0.1) is 111 Å². The van der Waals surface area contributed by atoms with Crippen molar-refractivity contribution in [1.29, 1.82) is 0 Å². The fourth-order valence-corrected chi connectivity index (χ4v) is 21.4. The third kappa shape index (κ3) is 19.7. The second kappa shape index (κ2) is 38.7. The van der Waals surface area contributed by atoms with Crippen molar-refractivity contribution in [2.24, 2.45) is 46.3 Å². The van der Waals surface area contributed by atoms with Crippen molar-refractivity contribution in [2.75, 3.05) is 41.5 Å². The second-order valence-electron chi connectivity index (χ2n) is 40.6. The molecule has 8 N–H and O–H groups in total. The summed E-state index contributed by atoms with van der Waals surface area (Å²) in [5, 5.41) is 15.4. The summed E-state index contributed by atoms with van der Waals surface area (Å²) < 4.78 is 32.7. The van der Waals surface area contributed by atoms with Crippen LogP contribution in [0.15, 0.2) is 151 Å². The maximum absolute atomic E-state index is 14.0. The summed E-state index contributed by atoms with van der Waals surface area (Å²) >= 11 is 3.46. The van der Waals surface area contributed by atoms with Crippen LogP contribution >= 0.6 is 15.9 Å².